The second kappa shape index (κ2) is 11.5. The summed E-state index contributed by atoms with van der Waals surface area (Å²) in [5, 5.41) is 15.8. The molecule has 0 aromatic heterocycles. The minimum absolute atomic E-state index is 0.148. The highest BCUT2D eigenvalue weighted by Gasteiger charge is 2.10. The van der Waals surface area contributed by atoms with Crippen molar-refractivity contribution < 1.29 is 14.3 Å². The van der Waals surface area contributed by atoms with Gasteiger partial charge in [-0.15, -0.1) is 0 Å². The van der Waals surface area contributed by atoms with Gasteiger partial charge in [0.2, 0.25) is 0 Å². The predicted molar refractivity (Wildman–Crippen MR) is 116 cm³/mol. The second-order valence-electron chi connectivity index (χ2n) is 6.19. The van der Waals surface area contributed by atoms with E-state index >= 15 is 0 Å². The van der Waals surface area contributed by atoms with Crippen molar-refractivity contribution in [1.29, 1.82) is 5.26 Å². The van der Waals surface area contributed by atoms with E-state index in [1.54, 1.807) is 25.3 Å². The number of nitrogens with one attached hydrogen (secondary N) is 2. The summed E-state index contributed by atoms with van der Waals surface area (Å²) in [5.74, 6) is 0.576. The highest BCUT2D eigenvalue weighted by molar-refractivity contribution is 5.96. The molecule has 0 bridgehead atoms. The number of allylic oxidation sites excluding steroid dienone is 1. The molecule has 2 aromatic carbocycles. The number of amides is 1. The molecule has 0 heterocycles. The average Bonchev–Trinajstić information content (AvgIpc) is 2.75. The van der Waals surface area contributed by atoms with Gasteiger partial charge in [-0.3, -0.25) is 4.79 Å². The fourth-order valence-electron chi connectivity index (χ4n) is 2.77. The molecule has 0 spiro atoms. The van der Waals surface area contributed by atoms with Crippen molar-refractivity contribution in [2.45, 2.75) is 13.8 Å². The van der Waals surface area contributed by atoms with Crippen molar-refractivity contribution in [2.24, 2.45) is 0 Å². The molecule has 2 rings (SSSR count). The summed E-state index contributed by atoms with van der Waals surface area (Å²) in [6.45, 7) is 6.23. The van der Waals surface area contributed by atoms with Crippen molar-refractivity contribution in [2.75, 3.05) is 38.7 Å². The number of methoxy groups -OCH3 is 1. The zero-order chi connectivity index (χ0) is 21.1. The molecule has 0 unspecified atom stereocenters. The number of benzene rings is 2. The maximum Gasteiger partial charge on any atom is 0.251 e. The number of hydrogen-bond donors (Lipinski definition) is 2. The highest BCUT2D eigenvalue weighted by Crippen LogP contribution is 2.29. The molecule has 0 fully saturated rings. The second-order valence-corrected chi connectivity index (χ2v) is 6.19. The van der Waals surface area contributed by atoms with E-state index in [4.69, 9.17) is 9.47 Å². The Morgan fingerprint density at radius 2 is 1.93 bits per heavy atom. The predicted octanol–water partition coefficient (Wildman–Crippen LogP) is 3.96. The van der Waals surface area contributed by atoms with Crippen LogP contribution in [-0.4, -0.2) is 39.3 Å². The van der Waals surface area contributed by atoms with E-state index in [1.807, 2.05) is 44.2 Å². The SMILES string of the molecule is CCNc1cc(OC)ccc1/C(C#N)=C/c1ccc(C(=O)NCCOCC)cc1. The van der Waals surface area contributed by atoms with Crippen LogP contribution >= 0.6 is 0 Å². The zero-order valence-electron chi connectivity index (χ0n) is 17.1. The molecule has 0 saturated carbocycles. The minimum Gasteiger partial charge on any atom is -0.497 e. The van der Waals surface area contributed by atoms with E-state index in [9.17, 15) is 10.1 Å². The third-order valence-corrected chi connectivity index (χ3v) is 4.22. The molecule has 6 nitrogen and oxygen atoms in total. The summed E-state index contributed by atoms with van der Waals surface area (Å²) in [6.07, 6.45) is 1.80. The van der Waals surface area contributed by atoms with Crippen LogP contribution in [0.3, 0.4) is 0 Å². The van der Waals surface area contributed by atoms with Crippen molar-refractivity contribution in [3.63, 3.8) is 0 Å². The minimum atomic E-state index is -0.148. The Hall–Kier alpha value is -3.30. The molecule has 0 radical (unpaired) electrons. The molecule has 0 aliphatic rings. The molecule has 0 aliphatic heterocycles. The van der Waals surface area contributed by atoms with Crippen LogP contribution in [0.4, 0.5) is 5.69 Å². The van der Waals surface area contributed by atoms with Crippen molar-refractivity contribution >= 4 is 23.2 Å². The van der Waals surface area contributed by atoms with Crippen LogP contribution in [0, 0.1) is 11.3 Å². The Kier molecular flexibility index (Phi) is 8.74. The normalized spacial score (nSPS) is 10.9. The van der Waals surface area contributed by atoms with E-state index in [0.717, 1.165) is 29.1 Å². The lowest BCUT2D eigenvalue weighted by atomic mass is 10.0. The molecule has 0 atom stereocenters. The summed E-state index contributed by atoms with van der Waals surface area (Å²) in [6, 6.07) is 15.0. The van der Waals surface area contributed by atoms with Crippen LogP contribution in [0.5, 0.6) is 5.75 Å². The fourth-order valence-corrected chi connectivity index (χ4v) is 2.77. The van der Waals surface area contributed by atoms with E-state index in [-0.39, 0.29) is 5.91 Å². The number of anilines is 1. The monoisotopic (exact) mass is 393 g/mol. The smallest absolute Gasteiger partial charge is 0.251 e. The van der Waals surface area contributed by atoms with Gasteiger partial charge in [-0.2, -0.15) is 5.26 Å². The number of carbonyl (C=O) groups is 1. The van der Waals surface area contributed by atoms with Gasteiger partial charge in [0.1, 0.15) is 5.75 Å². The van der Waals surface area contributed by atoms with Crippen LogP contribution in [-0.2, 0) is 4.74 Å². The third kappa shape index (κ3) is 6.37. The maximum atomic E-state index is 12.1. The average molecular weight is 393 g/mol. The number of rotatable bonds is 10. The van der Waals surface area contributed by atoms with Gasteiger partial charge < -0.3 is 20.1 Å². The van der Waals surface area contributed by atoms with Crippen LogP contribution in [0.1, 0.15) is 35.3 Å². The Balaban J connectivity index is 2.19. The fraction of sp³-hybridized carbons (Fsp3) is 0.304. The maximum absolute atomic E-state index is 12.1. The molecule has 0 saturated heterocycles. The van der Waals surface area contributed by atoms with E-state index < -0.39 is 0 Å². The first kappa shape index (κ1) is 22.0. The number of nitrogens with zero attached hydrogens (tertiary/aromatic N) is 1. The summed E-state index contributed by atoms with van der Waals surface area (Å²) < 4.78 is 10.5. The van der Waals surface area contributed by atoms with Crippen molar-refractivity contribution in [1.82, 2.24) is 5.32 Å². The van der Waals surface area contributed by atoms with Gasteiger partial charge in [-0.1, -0.05) is 12.1 Å². The summed E-state index contributed by atoms with van der Waals surface area (Å²) in [4.78, 5) is 12.1. The largest absolute Gasteiger partial charge is 0.497 e. The van der Waals surface area contributed by atoms with Crippen LogP contribution in [0.2, 0.25) is 0 Å². The first-order valence-electron chi connectivity index (χ1n) is 9.63. The number of carbonyl (C=O) groups excluding carboxylic acids is 1. The third-order valence-electron chi connectivity index (χ3n) is 4.22. The molecule has 152 valence electrons. The lowest BCUT2D eigenvalue weighted by Crippen LogP contribution is -2.27. The van der Waals surface area contributed by atoms with Crippen LogP contribution < -0.4 is 15.4 Å². The van der Waals surface area contributed by atoms with Gasteiger partial charge in [0, 0.05) is 42.6 Å². The molecule has 6 heteroatoms. The Morgan fingerprint density at radius 3 is 2.55 bits per heavy atom. The standard InChI is InChI=1S/C23H27N3O3/c1-4-25-22-15-20(28-3)10-11-21(22)19(16-24)14-17-6-8-18(9-7-17)23(27)26-12-13-29-5-2/h6-11,14-15,25H,4-5,12-13H2,1-3H3,(H,26,27)/b19-14+. The van der Waals surface area contributed by atoms with E-state index in [2.05, 4.69) is 16.7 Å². The molecule has 29 heavy (non-hydrogen) atoms. The molecule has 2 N–H and O–H groups in total. The van der Waals surface area contributed by atoms with Crippen molar-refractivity contribution in [3.05, 3.63) is 59.2 Å². The summed E-state index contributed by atoms with van der Waals surface area (Å²) >= 11 is 0. The topological polar surface area (TPSA) is 83.4 Å². The Morgan fingerprint density at radius 1 is 1.17 bits per heavy atom. The zero-order valence-corrected chi connectivity index (χ0v) is 17.1. The van der Waals surface area contributed by atoms with E-state index in [0.29, 0.717) is 30.9 Å². The molecule has 1 amide bonds. The Labute approximate surface area is 172 Å². The first-order chi connectivity index (χ1) is 14.1. The lowest BCUT2D eigenvalue weighted by Gasteiger charge is -2.12. The van der Waals surface area contributed by atoms with Gasteiger partial charge in [-0.25, -0.2) is 0 Å². The number of nitriles is 1. The number of hydrogen-bond acceptors (Lipinski definition) is 5. The van der Waals surface area contributed by atoms with Gasteiger partial charge >= 0.3 is 0 Å². The lowest BCUT2D eigenvalue weighted by molar-refractivity contribution is 0.0922. The van der Waals surface area contributed by atoms with Gasteiger partial charge in [0.25, 0.3) is 5.91 Å². The summed E-state index contributed by atoms with van der Waals surface area (Å²) in [7, 11) is 1.61. The molecule has 2 aromatic rings. The highest BCUT2D eigenvalue weighted by atomic mass is 16.5. The molecular weight excluding hydrogens is 366 g/mol. The van der Waals surface area contributed by atoms with Gasteiger partial charge in [0.05, 0.1) is 25.4 Å². The van der Waals surface area contributed by atoms with Gasteiger partial charge in [0.15, 0.2) is 0 Å². The Bertz CT molecular complexity index is 883. The van der Waals surface area contributed by atoms with Crippen LogP contribution in [0.15, 0.2) is 42.5 Å². The first-order valence-corrected chi connectivity index (χ1v) is 9.63. The number of ether oxygens (including phenoxy) is 2. The molecular formula is C23H27N3O3. The quantitative estimate of drug-likeness (QED) is 0.363. The van der Waals surface area contributed by atoms with Crippen LogP contribution in [0.25, 0.3) is 11.6 Å². The van der Waals surface area contributed by atoms with Gasteiger partial charge in [-0.05, 0) is 49.8 Å². The van der Waals surface area contributed by atoms with E-state index in [1.165, 1.54) is 0 Å². The summed E-state index contributed by atoms with van der Waals surface area (Å²) in [5.41, 5.74) is 3.57. The molecule has 0 aliphatic carbocycles. The van der Waals surface area contributed by atoms with Crippen molar-refractivity contribution in [3.8, 4) is 11.8 Å².